The number of carbonyl (C=O) groups is 3. The zero-order valence-corrected chi connectivity index (χ0v) is 23.0. The van der Waals surface area contributed by atoms with Crippen LogP contribution >= 0.6 is 0 Å². The summed E-state index contributed by atoms with van der Waals surface area (Å²) in [4.78, 5) is 48.8. The zero-order chi connectivity index (χ0) is 30.9. The highest BCUT2D eigenvalue weighted by Crippen LogP contribution is 2.39. The Bertz CT molecular complexity index is 1660. The zero-order valence-electron chi connectivity index (χ0n) is 23.0. The maximum Gasteiger partial charge on any atom is 0.344 e. The lowest BCUT2D eigenvalue weighted by Crippen LogP contribution is -2.18. The number of esters is 1. The number of anilines is 1. The number of nitrogens with zero attached hydrogens (tertiary/aromatic N) is 2. The van der Waals surface area contributed by atoms with Crippen LogP contribution in [0.2, 0.25) is 0 Å². The summed E-state index contributed by atoms with van der Waals surface area (Å²) in [6.45, 7) is 0. The number of hydrogen-bond acceptors (Lipinski definition) is 11. The predicted molar refractivity (Wildman–Crippen MR) is 152 cm³/mol. The van der Waals surface area contributed by atoms with Crippen molar-refractivity contribution in [1.29, 1.82) is 0 Å². The van der Waals surface area contributed by atoms with Crippen LogP contribution in [0.4, 0.5) is 11.4 Å². The van der Waals surface area contributed by atoms with Crippen LogP contribution in [0.25, 0.3) is 0 Å². The van der Waals surface area contributed by atoms with Gasteiger partial charge in [0.1, 0.15) is 0 Å². The number of furan rings is 1. The van der Waals surface area contributed by atoms with Crippen LogP contribution in [0.1, 0.15) is 36.8 Å². The van der Waals surface area contributed by atoms with Gasteiger partial charge in [-0.05, 0) is 54.6 Å². The summed E-state index contributed by atoms with van der Waals surface area (Å²) >= 11 is 0. The number of nitrogens with one attached hydrogen (secondary N) is 2. The predicted octanol–water partition coefficient (Wildman–Crippen LogP) is 4.45. The summed E-state index contributed by atoms with van der Waals surface area (Å²) in [5, 5.41) is 18.2. The monoisotopic (exact) mass is 588 g/mol. The molecular weight excluding hydrogens is 564 g/mol. The Kier molecular flexibility index (Phi) is 9.32. The number of hydrazone groups is 1. The van der Waals surface area contributed by atoms with E-state index in [1.807, 2.05) is 0 Å². The number of hydrogen-bond donors (Lipinski definition) is 2. The SMILES string of the molecule is COc1cc(C(=O)Oc2c(/C=N/NC(=O)c3ccc(NC(=O)c4ccco4)cc3)cccc2[N+](=O)[O-])cc(OC)c1OC. The third-order valence-corrected chi connectivity index (χ3v) is 5.84. The van der Waals surface area contributed by atoms with Gasteiger partial charge in [-0.25, -0.2) is 10.2 Å². The van der Waals surface area contributed by atoms with Crippen LogP contribution < -0.4 is 29.7 Å². The Labute approximate surface area is 244 Å². The number of nitro benzene ring substituents is 1. The number of para-hydroxylation sites is 1. The number of carbonyl (C=O) groups excluding carboxylic acids is 3. The van der Waals surface area contributed by atoms with Gasteiger partial charge in [0.15, 0.2) is 17.3 Å². The lowest BCUT2D eigenvalue weighted by atomic mass is 10.1. The van der Waals surface area contributed by atoms with Gasteiger partial charge in [0.25, 0.3) is 11.8 Å². The van der Waals surface area contributed by atoms with Gasteiger partial charge in [0.05, 0.1) is 44.3 Å². The number of methoxy groups -OCH3 is 3. The molecular formula is C29H24N4O10. The molecule has 1 heterocycles. The topological polar surface area (TPSA) is 181 Å². The van der Waals surface area contributed by atoms with Crippen molar-refractivity contribution in [2.75, 3.05) is 26.6 Å². The number of nitro groups is 1. The second-order valence-electron chi connectivity index (χ2n) is 8.46. The Morgan fingerprint density at radius 1 is 0.860 bits per heavy atom. The first-order chi connectivity index (χ1) is 20.7. The normalized spacial score (nSPS) is 10.6. The van der Waals surface area contributed by atoms with E-state index in [1.165, 1.54) is 82.2 Å². The fraction of sp³-hybridized carbons (Fsp3) is 0.103. The molecule has 43 heavy (non-hydrogen) atoms. The molecule has 2 amide bonds. The van der Waals surface area contributed by atoms with Gasteiger partial charge in [-0.1, -0.05) is 6.07 Å². The standard InChI is InChI=1S/C29H24N4O10/c1-39-23-14-19(15-24(40-2)26(23)41-3)29(36)43-25-18(6-4-7-21(25)33(37)38)16-30-32-27(34)17-9-11-20(12-10-17)31-28(35)22-8-5-13-42-22/h4-16H,1-3H3,(H,31,35)(H,32,34)/b30-16+. The minimum absolute atomic E-state index is 0.0336. The van der Waals surface area contributed by atoms with Gasteiger partial charge in [0, 0.05) is 22.9 Å². The Morgan fingerprint density at radius 3 is 2.14 bits per heavy atom. The number of rotatable bonds is 11. The van der Waals surface area contributed by atoms with E-state index in [2.05, 4.69) is 15.8 Å². The molecule has 0 unspecified atom stereocenters. The third-order valence-electron chi connectivity index (χ3n) is 5.84. The van der Waals surface area contributed by atoms with Gasteiger partial charge < -0.3 is 28.7 Å². The second kappa shape index (κ2) is 13.5. The largest absolute Gasteiger partial charge is 0.493 e. The summed E-state index contributed by atoms with van der Waals surface area (Å²) in [6, 6.07) is 15.6. The first-order valence-electron chi connectivity index (χ1n) is 12.3. The number of benzene rings is 3. The molecule has 0 atom stereocenters. The molecule has 3 aromatic carbocycles. The molecule has 220 valence electrons. The average molecular weight is 589 g/mol. The molecule has 14 heteroatoms. The van der Waals surface area contributed by atoms with E-state index in [0.29, 0.717) is 5.69 Å². The molecule has 14 nitrogen and oxygen atoms in total. The third kappa shape index (κ3) is 6.94. The molecule has 0 aliphatic rings. The summed E-state index contributed by atoms with van der Waals surface area (Å²) in [5.74, 6) is -1.70. The quantitative estimate of drug-likeness (QED) is 0.0835. The van der Waals surface area contributed by atoms with Crippen LogP contribution in [-0.2, 0) is 0 Å². The van der Waals surface area contributed by atoms with E-state index >= 15 is 0 Å². The summed E-state index contributed by atoms with van der Waals surface area (Å²) in [7, 11) is 4.13. The van der Waals surface area contributed by atoms with Crippen molar-refractivity contribution in [3.63, 3.8) is 0 Å². The van der Waals surface area contributed by atoms with Crippen LogP contribution in [-0.4, -0.2) is 50.3 Å². The van der Waals surface area contributed by atoms with Gasteiger partial charge >= 0.3 is 11.7 Å². The first-order valence-corrected chi connectivity index (χ1v) is 12.3. The van der Waals surface area contributed by atoms with E-state index < -0.39 is 34.1 Å². The minimum Gasteiger partial charge on any atom is -0.493 e. The summed E-state index contributed by atoms with van der Waals surface area (Å²) in [5.41, 5.74) is 2.43. The van der Waals surface area contributed by atoms with Crippen molar-refractivity contribution < 1.29 is 42.7 Å². The smallest absolute Gasteiger partial charge is 0.344 e. The van der Waals surface area contributed by atoms with Gasteiger partial charge in [0.2, 0.25) is 11.5 Å². The molecule has 0 fully saturated rings. The summed E-state index contributed by atoms with van der Waals surface area (Å²) < 4.78 is 26.2. The maximum atomic E-state index is 13.1. The van der Waals surface area contributed by atoms with Gasteiger partial charge in [-0.3, -0.25) is 19.7 Å². The highest BCUT2D eigenvalue weighted by molar-refractivity contribution is 6.03. The number of amides is 2. The van der Waals surface area contributed by atoms with Crippen molar-refractivity contribution in [1.82, 2.24) is 5.43 Å². The fourth-order valence-electron chi connectivity index (χ4n) is 3.78. The molecule has 0 saturated carbocycles. The van der Waals surface area contributed by atoms with E-state index in [9.17, 15) is 24.5 Å². The molecule has 2 N–H and O–H groups in total. The Hall–Kier alpha value is -6.18. The van der Waals surface area contributed by atoms with E-state index in [-0.39, 0.29) is 39.7 Å². The van der Waals surface area contributed by atoms with E-state index in [1.54, 1.807) is 6.07 Å². The second-order valence-corrected chi connectivity index (χ2v) is 8.46. The van der Waals surface area contributed by atoms with Gasteiger partial charge in [-0.15, -0.1) is 0 Å². The fourth-order valence-corrected chi connectivity index (χ4v) is 3.78. The highest BCUT2D eigenvalue weighted by Gasteiger charge is 2.24. The van der Waals surface area contributed by atoms with Crippen LogP contribution in [0.15, 0.2) is 82.5 Å². The van der Waals surface area contributed by atoms with Gasteiger partial charge in [-0.2, -0.15) is 5.10 Å². The van der Waals surface area contributed by atoms with Crippen molar-refractivity contribution in [2.24, 2.45) is 5.10 Å². The number of ether oxygens (including phenoxy) is 4. The van der Waals surface area contributed by atoms with Crippen molar-refractivity contribution in [3.05, 3.63) is 106 Å². The van der Waals surface area contributed by atoms with Crippen LogP contribution in [0, 0.1) is 10.1 Å². The molecule has 0 spiro atoms. The van der Waals surface area contributed by atoms with E-state index in [0.717, 1.165) is 12.3 Å². The maximum absolute atomic E-state index is 13.1. The molecule has 1 aromatic heterocycles. The average Bonchev–Trinajstić information content (AvgIpc) is 3.56. The summed E-state index contributed by atoms with van der Waals surface area (Å²) in [6.07, 6.45) is 2.47. The Balaban J connectivity index is 1.50. The van der Waals surface area contributed by atoms with E-state index in [4.69, 9.17) is 23.4 Å². The van der Waals surface area contributed by atoms with Crippen molar-refractivity contribution in [2.45, 2.75) is 0 Å². The molecule has 4 aromatic rings. The van der Waals surface area contributed by atoms with Crippen molar-refractivity contribution in [3.8, 4) is 23.0 Å². The van der Waals surface area contributed by atoms with Crippen LogP contribution in [0.3, 0.4) is 0 Å². The molecule has 0 saturated heterocycles. The molecule has 4 rings (SSSR count). The Morgan fingerprint density at radius 2 is 1.56 bits per heavy atom. The minimum atomic E-state index is -0.952. The molecule has 0 aliphatic carbocycles. The molecule has 0 radical (unpaired) electrons. The molecule has 0 aliphatic heterocycles. The molecule has 0 bridgehead atoms. The lowest BCUT2D eigenvalue weighted by Gasteiger charge is -2.14. The first kappa shape index (κ1) is 29.8. The highest BCUT2D eigenvalue weighted by atomic mass is 16.6. The lowest BCUT2D eigenvalue weighted by molar-refractivity contribution is -0.385. The van der Waals surface area contributed by atoms with Crippen molar-refractivity contribution >= 4 is 35.4 Å². The van der Waals surface area contributed by atoms with Crippen LogP contribution in [0.5, 0.6) is 23.0 Å².